The summed E-state index contributed by atoms with van der Waals surface area (Å²) < 4.78 is 27.7. The predicted molar refractivity (Wildman–Crippen MR) is 66.8 cm³/mol. The number of ether oxygens (including phenoxy) is 1. The van der Waals surface area contributed by atoms with Crippen LogP contribution in [0.5, 0.6) is 0 Å². The lowest BCUT2D eigenvalue weighted by molar-refractivity contribution is -0.141. The molecule has 0 aromatic rings. The van der Waals surface area contributed by atoms with Crippen molar-refractivity contribution in [3.63, 3.8) is 0 Å². The fourth-order valence-electron chi connectivity index (χ4n) is 2.49. The molecule has 0 aromatic carbocycles. The van der Waals surface area contributed by atoms with Gasteiger partial charge in [0.15, 0.2) is 0 Å². The molecule has 2 fully saturated rings. The zero-order chi connectivity index (χ0) is 13.3. The lowest BCUT2D eigenvalue weighted by atomic mass is 10.2. The number of carbonyl (C=O) groups is 1. The number of fused-ring (bicyclic) bond motifs is 2. The van der Waals surface area contributed by atoms with Crippen molar-refractivity contribution >= 4 is 15.7 Å². The zero-order valence-electron chi connectivity index (χ0n) is 10.5. The summed E-state index contributed by atoms with van der Waals surface area (Å²) >= 11 is 0. The van der Waals surface area contributed by atoms with Gasteiger partial charge in [-0.05, 0) is 19.3 Å². The molecule has 2 heterocycles. The zero-order valence-corrected chi connectivity index (χ0v) is 11.4. The standard InChI is InChI=1S/C11H20N2O4S/c1-18(15,16)5-4-10(12)11(14)13-6-8-2-3-9(7-13)17-8/h8-10H,2-7,12H2,1H3. The van der Waals surface area contributed by atoms with Crippen LogP contribution in [0.15, 0.2) is 0 Å². The van der Waals surface area contributed by atoms with Gasteiger partial charge in [0.25, 0.3) is 0 Å². The monoisotopic (exact) mass is 276 g/mol. The Morgan fingerprint density at radius 2 is 1.94 bits per heavy atom. The van der Waals surface area contributed by atoms with Gasteiger partial charge in [-0.15, -0.1) is 0 Å². The molecule has 2 rings (SSSR count). The number of hydrogen-bond acceptors (Lipinski definition) is 5. The normalized spacial score (nSPS) is 29.3. The van der Waals surface area contributed by atoms with Crippen molar-refractivity contribution in [2.75, 3.05) is 25.1 Å². The molecule has 2 bridgehead atoms. The molecule has 0 aliphatic carbocycles. The van der Waals surface area contributed by atoms with Crippen LogP contribution in [-0.4, -0.2) is 62.6 Å². The van der Waals surface area contributed by atoms with Crippen LogP contribution in [-0.2, 0) is 19.4 Å². The number of morpholine rings is 1. The van der Waals surface area contributed by atoms with Crippen molar-refractivity contribution in [3.05, 3.63) is 0 Å². The Balaban J connectivity index is 1.87. The third-order valence-corrected chi connectivity index (χ3v) is 4.45. The van der Waals surface area contributed by atoms with E-state index in [0.717, 1.165) is 19.1 Å². The van der Waals surface area contributed by atoms with Crippen LogP contribution in [0.3, 0.4) is 0 Å². The molecule has 2 saturated heterocycles. The second-order valence-electron chi connectivity index (χ2n) is 5.23. The molecule has 2 aliphatic heterocycles. The fraction of sp³-hybridized carbons (Fsp3) is 0.909. The van der Waals surface area contributed by atoms with Crippen molar-refractivity contribution in [1.29, 1.82) is 0 Å². The smallest absolute Gasteiger partial charge is 0.239 e. The molecule has 6 nitrogen and oxygen atoms in total. The average molecular weight is 276 g/mol. The van der Waals surface area contributed by atoms with E-state index in [4.69, 9.17) is 10.5 Å². The Bertz CT molecular complexity index is 411. The Labute approximate surface area is 107 Å². The van der Waals surface area contributed by atoms with Crippen LogP contribution in [0.4, 0.5) is 0 Å². The maximum absolute atomic E-state index is 12.1. The first kappa shape index (κ1) is 13.8. The van der Waals surface area contributed by atoms with E-state index in [1.807, 2.05) is 0 Å². The third kappa shape index (κ3) is 3.43. The van der Waals surface area contributed by atoms with Gasteiger partial charge in [-0.25, -0.2) is 8.42 Å². The maximum atomic E-state index is 12.1. The Morgan fingerprint density at radius 1 is 1.39 bits per heavy atom. The predicted octanol–water partition coefficient (Wildman–Crippen LogP) is -0.862. The van der Waals surface area contributed by atoms with Crippen LogP contribution in [0, 0.1) is 0 Å². The van der Waals surface area contributed by atoms with Crippen LogP contribution in [0.1, 0.15) is 19.3 Å². The minimum Gasteiger partial charge on any atom is -0.371 e. The highest BCUT2D eigenvalue weighted by Crippen LogP contribution is 2.26. The van der Waals surface area contributed by atoms with Gasteiger partial charge in [-0.1, -0.05) is 0 Å². The minimum absolute atomic E-state index is 0.0445. The molecule has 2 aliphatic rings. The Morgan fingerprint density at radius 3 is 2.44 bits per heavy atom. The first-order valence-corrected chi connectivity index (χ1v) is 8.29. The van der Waals surface area contributed by atoms with Crippen LogP contribution < -0.4 is 5.73 Å². The van der Waals surface area contributed by atoms with E-state index in [2.05, 4.69) is 0 Å². The second kappa shape index (κ2) is 5.14. The number of nitrogens with two attached hydrogens (primary N) is 1. The van der Waals surface area contributed by atoms with E-state index in [1.165, 1.54) is 0 Å². The number of rotatable bonds is 4. The summed E-state index contributed by atoms with van der Waals surface area (Å²) in [6.07, 6.45) is 3.59. The van der Waals surface area contributed by atoms with E-state index in [1.54, 1.807) is 4.90 Å². The van der Waals surface area contributed by atoms with Crippen LogP contribution in [0.25, 0.3) is 0 Å². The highest BCUT2D eigenvalue weighted by Gasteiger charge is 2.36. The van der Waals surface area contributed by atoms with Crippen molar-refractivity contribution in [2.45, 2.75) is 37.5 Å². The van der Waals surface area contributed by atoms with E-state index in [0.29, 0.717) is 13.1 Å². The van der Waals surface area contributed by atoms with Crippen molar-refractivity contribution in [3.8, 4) is 0 Å². The lowest BCUT2D eigenvalue weighted by Crippen LogP contribution is -2.51. The summed E-state index contributed by atoms with van der Waals surface area (Å²) in [7, 11) is -3.07. The lowest BCUT2D eigenvalue weighted by Gasteiger charge is -2.33. The minimum atomic E-state index is -3.07. The molecule has 104 valence electrons. The molecule has 7 heteroatoms. The second-order valence-corrected chi connectivity index (χ2v) is 7.49. The summed E-state index contributed by atoms with van der Waals surface area (Å²) in [4.78, 5) is 13.8. The van der Waals surface area contributed by atoms with Crippen molar-refractivity contribution in [2.24, 2.45) is 5.73 Å². The van der Waals surface area contributed by atoms with Gasteiger partial charge in [0.2, 0.25) is 5.91 Å². The summed E-state index contributed by atoms with van der Waals surface area (Å²) in [5.74, 6) is -0.198. The van der Waals surface area contributed by atoms with E-state index >= 15 is 0 Å². The van der Waals surface area contributed by atoms with Crippen molar-refractivity contribution in [1.82, 2.24) is 4.90 Å². The van der Waals surface area contributed by atoms with Crippen LogP contribution in [0.2, 0.25) is 0 Å². The van der Waals surface area contributed by atoms with Crippen molar-refractivity contribution < 1.29 is 17.9 Å². The van der Waals surface area contributed by atoms with Gasteiger partial charge < -0.3 is 15.4 Å². The van der Waals surface area contributed by atoms with Gasteiger partial charge in [0.05, 0.1) is 24.0 Å². The summed E-state index contributed by atoms with van der Waals surface area (Å²) in [6, 6.07) is -0.725. The van der Waals surface area contributed by atoms with Gasteiger partial charge in [-0.3, -0.25) is 4.79 Å². The number of likely N-dealkylation sites (tertiary alicyclic amines) is 1. The van der Waals surface area contributed by atoms with Gasteiger partial charge >= 0.3 is 0 Å². The fourth-order valence-corrected chi connectivity index (χ4v) is 3.18. The van der Waals surface area contributed by atoms with Gasteiger partial charge in [0.1, 0.15) is 9.84 Å². The Kier molecular flexibility index (Phi) is 3.93. The number of nitrogens with zero attached hydrogens (tertiary/aromatic N) is 1. The first-order valence-electron chi connectivity index (χ1n) is 6.23. The molecule has 0 radical (unpaired) electrons. The largest absolute Gasteiger partial charge is 0.371 e. The maximum Gasteiger partial charge on any atom is 0.239 e. The summed E-state index contributed by atoms with van der Waals surface area (Å²) in [5, 5.41) is 0. The molecule has 0 saturated carbocycles. The SMILES string of the molecule is CS(=O)(=O)CCC(N)C(=O)N1CC2CCC(C1)O2. The Hall–Kier alpha value is -0.660. The number of sulfone groups is 1. The molecule has 1 amide bonds. The first-order chi connectivity index (χ1) is 8.35. The summed E-state index contributed by atoms with van der Waals surface area (Å²) in [5.41, 5.74) is 5.77. The third-order valence-electron chi connectivity index (χ3n) is 3.47. The van der Waals surface area contributed by atoms with E-state index < -0.39 is 15.9 Å². The quantitative estimate of drug-likeness (QED) is 0.721. The highest BCUT2D eigenvalue weighted by molar-refractivity contribution is 7.90. The number of amides is 1. The molecule has 3 unspecified atom stereocenters. The van der Waals surface area contributed by atoms with Gasteiger partial charge in [-0.2, -0.15) is 0 Å². The number of carbonyl (C=O) groups excluding carboxylic acids is 1. The van der Waals surface area contributed by atoms with Gasteiger partial charge in [0, 0.05) is 19.3 Å². The molecular formula is C11H20N2O4S. The molecule has 0 spiro atoms. The topological polar surface area (TPSA) is 89.7 Å². The molecule has 18 heavy (non-hydrogen) atoms. The highest BCUT2D eigenvalue weighted by atomic mass is 32.2. The number of hydrogen-bond donors (Lipinski definition) is 1. The summed E-state index contributed by atoms with van der Waals surface area (Å²) in [6.45, 7) is 1.17. The molecule has 0 aromatic heterocycles. The van der Waals surface area contributed by atoms with E-state index in [9.17, 15) is 13.2 Å². The molecule has 2 N–H and O–H groups in total. The van der Waals surface area contributed by atoms with Crippen LogP contribution >= 0.6 is 0 Å². The average Bonchev–Trinajstić information content (AvgIpc) is 2.63. The molecule has 3 atom stereocenters. The van der Waals surface area contributed by atoms with E-state index in [-0.39, 0.29) is 30.3 Å². The molecular weight excluding hydrogens is 256 g/mol.